The molecule has 23 heavy (non-hydrogen) atoms. The molecule has 1 heterocycles. The largest absolute Gasteiger partial charge is 0.508 e. The van der Waals surface area contributed by atoms with Crippen LogP contribution in [-0.2, 0) is 15.9 Å². The minimum Gasteiger partial charge on any atom is -0.508 e. The first-order chi connectivity index (χ1) is 10.8. The molecule has 2 N–H and O–H groups in total. The van der Waals surface area contributed by atoms with Gasteiger partial charge in [0.1, 0.15) is 11.6 Å². The third kappa shape index (κ3) is 3.23. The van der Waals surface area contributed by atoms with Crippen LogP contribution in [0.1, 0.15) is 43.7 Å². The fraction of sp³-hybridized carbons (Fsp3) is 0.667. The van der Waals surface area contributed by atoms with E-state index < -0.39 is 11.4 Å². The van der Waals surface area contributed by atoms with Crippen LogP contribution in [0.4, 0.5) is 4.39 Å². The smallest absolute Gasteiger partial charge is 0.168 e. The van der Waals surface area contributed by atoms with Gasteiger partial charge in [-0.25, -0.2) is 4.39 Å². The van der Waals surface area contributed by atoms with Gasteiger partial charge in [-0.1, -0.05) is 6.92 Å². The summed E-state index contributed by atoms with van der Waals surface area (Å²) in [7, 11) is 0. The lowest BCUT2D eigenvalue weighted by atomic mass is 9.72. The van der Waals surface area contributed by atoms with Crippen molar-refractivity contribution in [3.8, 4) is 5.75 Å². The highest BCUT2D eigenvalue weighted by atomic mass is 19.1. The van der Waals surface area contributed by atoms with Crippen LogP contribution in [0.25, 0.3) is 0 Å². The van der Waals surface area contributed by atoms with Gasteiger partial charge in [0.25, 0.3) is 0 Å². The zero-order chi connectivity index (χ0) is 16.7. The van der Waals surface area contributed by atoms with Crippen molar-refractivity contribution in [3.63, 3.8) is 0 Å². The predicted molar refractivity (Wildman–Crippen MR) is 83.7 cm³/mol. The van der Waals surface area contributed by atoms with E-state index in [1.165, 1.54) is 12.1 Å². The molecular weight excluding hydrogens is 299 g/mol. The number of hydrogen-bond acceptors (Lipinski definition) is 4. The Kier molecular flexibility index (Phi) is 4.38. The maximum Gasteiger partial charge on any atom is 0.168 e. The second-order valence-corrected chi connectivity index (χ2v) is 7.05. The van der Waals surface area contributed by atoms with Crippen LogP contribution in [0.2, 0.25) is 0 Å². The number of hydrogen-bond donors (Lipinski definition) is 2. The number of aryl methyl sites for hydroxylation is 1. The Hall–Kier alpha value is -1.17. The van der Waals surface area contributed by atoms with E-state index in [-0.39, 0.29) is 17.5 Å². The summed E-state index contributed by atoms with van der Waals surface area (Å²) >= 11 is 0. The van der Waals surface area contributed by atoms with Crippen molar-refractivity contribution in [2.24, 2.45) is 5.92 Å². The minimum absolute atomic E-state index is 0.0935. The van der Waals surface area contributed by atoms with E-state index >= 15 is 0 Å². The molecule has 1 saturated carbocycles. The number of ether oxygens (including phenoxy) is 2. The van der Waals surface area contributed by atoms with Crippen LogP contribution in [0.5, 0.6) is 5.75 Å². The van der Waals surface area contributed by atoms with E-state index in [4.69, 9.17) is 9.47 Å². The van der Waals surface area contributed by atoms with E-state index in [9.17, 15) is 14.6 Å². The SMILES string of the molecule is Cc1cc(F)c(CC(C)C2(O)CCC3(CC2)OCCO3)cc1O. The van der Waals surface area contributed by atoms with Crippen LogP contribution < -0.4 is 0 Å². The summed E-state index contributed by atoms with van der Waals surface area (Å²) in [5.41, 5.74) is 0.114. The number of aliphatic hydroxyl groups is 1. The highest BCUT2D eigenvalue weighted by molar-refractivity contribution is 5.36. The van der Waals surface area contributed by atoms with Crippen LogP contribution >= 0.6 is 0 Å². The Balaban J connectivity index is 1.68. The van der Waals surface area contributed by atoms with Gasteiger partial charge >= 0.3 is 0 Å². The molecule has 1 aromatic rings. The lowest BCUT2D eigenvalue weighted by Gasteiger charge is -2.43. The molecule has 1 atom stereocenters. The molecule has 0 bridgehead atoms. The van der Waals surface area contributed by atoms with Crippen molar-refractivity contribution < 1.29 is 24.1 Å². The van der Waals surface area contributed by atoms with E-state index in [0.29, 0.717) is 56.4 Å². The molecule has 1 aliphatic heterocycles. The van der Waals surface area contributed by atoms with E-state index in [0.717, 1.165) is 0 Å². The van der Waals surface area contributed by atoms with Crippen molar-refractivity contribution in [1.29, 1.82) is 0 Å². The lowest BCUT2D eigenvalue weighted by molar-refractivity contribution is -0.209. The molecule has 2 fully saturated rings. The van der Waals surface area contributed by atoms with Crippen LogP contribution in [0.15, 0.2) is 12.1 Å². The van der Waals surface area contributed by atoms with E-state index in [1.54, 1.807) is 6.92 Å². The van der Waals surface area contributed by atoms with Gasteiger partial charge in [0, 0.05) is 12.8 Å². The summed E-state index contributed by atoms with van der Waals surface area (Å²) < 4.78 is 25.5. The molecule has 1 aromatic carbocycles. The third-order valence-corrected chi connectivity index (χ3v) is 5.50. The van der Waals surface area contributed by atoms with Crippen LogP contribution in [0.3, 0.4) is 0 Å². The summed E-state index contributed by atoms with van der Waals surface area (Å²) in [4.78, 5) is 0. The van der Waals surface area contributed by atoms with Gasteiger partial charge in [0.2, 0.25) is 0 Å². The fourth-order valence-corrected chi connectivity index (χ4v) is 3.72. The second-order valence-electron chi connectivity index (χ2n) is 7.05. The molecule has 4 nitrogen and oxygen atoms in total. The molecule has 1 unspecified atom stereocenters. The van der Waals surface area contributed by atoms with Gasteiger partial charge in [0.05, 0.1) is 18.8 Å². The highest BCUT2D eigenvalue weighted by Gasteiger charge is 2.47. The summed E-state index contributed by atoms with van der Waals surface area (Å²) in [6, 6.07) is 2.82. The fourth-order valence-electron chi connectivity index (χ4n) is 3.72. The predicted octanol–water partition coefficient (Wildman–Crippen LogP) is 3.07. The Morgan fingerprint density at radius 2 is 1.78 bits per heavy atom. The Labute approximate surface area is 136 Å². The normalized spacial score (nSPS) is 24.0. The quantitative estimate of drug-likeness (QED) is 0.897. The topological polar surface area (TPSA) is 58.9 Å². The van der Waals surface area contributed by atoms with Crippen molar-refractivity contribution in [2.45, 2.75) is 57.3 Å². The highest BCUT2D eigenvalue weighted by Crippen LogP contribution is 2.44. The van der Waals surface area contributed by atoms with Crippen molar-refractivity contribution in [2.75, 3.05) is 13.2 Å². The maximum atomic E-state index is 14.1. The molecule has 5 heteroatoms. The monoisotopic (exact) mass is 324 g/mol. The van der Waals surface area contributed by atoms with Gasteiger partial charge < -0.3 is 19.7 Å². The number of phenols is 1. The molecule has 0 aromatic heterocycles. The van der Waals surface area contributed by atoms with Gasteiger partial charge in [-0.05, 0) is 55.4 Å². The first-order valence-corrected chi connectivity index (χ1v) is 8.32. The minimum atomic E-state index is -0.854. The number of benzene rings is 1. The Morgan fingerprint density at radius 1 is 1.17 bits per heavy atom. The van der Waals surface area contributed by atoms with Gasteiger partial charge in [-0.2, -0.15) is 0 Å². The van der Waals surface area contributed by atoms with Crippen LogP contribution in [0, 0.1) is 18.7 Å². The standard InChI is InChI=1S/C18H25FO4/c1-12-9-15(19)14(11-16(12)20)10-13(2)17(21)3-5-18(6-4-17)22-7-8-23-18/h9,11,13,20-21H,3-8,10H2,1-2H3. The molecule has 1 spiro atoms. The first-order valence-electron chi connectivity index (χ1n) is 8.32. The zero-order valence-corrected chi connectivity index (χ0v) is 13.8. The summed E-state index contributed by atoms with van der Waals surface area (Å²) in [6.07, 6.45) is 2.87. The van der Waals surface area contributed by atoms with Crippen molar-refractivity contribution in [1.82, 2.24) is 0 Å². The second kappa shape index (κ2) is 6.04. The number of aromatic hydroxyl groups is 1. The molecular formula is C18H25FO4. The molecule has 1 aliphatic carbocycles. The Morgan fingerprint density at radius 3 is 2.39 bits per heavy atom. The summed E-state index contributed by atoms with van der Waals surface area (Å²) in [5.74, 6) is -0.862. The lowest BCUT2D eigenvalue weighted by Crippen LogP contribution is -2.47. The average Bonchev–Trinajstić information content (AvgIpc) is 2.97. The molecule has 1 saturated heterocycles. The third-order valence-electron chi connectivity index (χ3n) is 5.50. The molecule has 0 radical (unpaired) electrons. The summed E-state index contributed by atoms with van der Waals surface area (Å²) in [5, 5.41) is 20.8. The van der Waals surface area contributed by atoms with Gasteiger partial charge in [-0.15, -0.1) is 0 Å². The van der Waals surface area contributed by atoms with E-state index in [2.05, 4.69) is 0 Å². The maximum absolute atomic E-state index is 14.1. The number of rotatable bonds is 3. The van der Waals surface area contributed by atoms with Crippen LogP contribution in [-0.4, -0.2) is 34.8 Å². The zero-order valence-electron chi connectivity index (χ0n) is 13.8. The molecule has 0 amide bonds. The van der Waals surface area contributed by atoms with Crippen molar-refractivity contribution in [3.05, 3.63) is 29.1 Å². The van der Waals surface area contributed by atoms with Gasteiger partial charge in [-0.3, -0.25) is 0 Å². The van der Waals surface area contributed by atoms with E-state index in [1.807, 2.05) is 6.92 Å². The number of phenolic OH excluding ortho intramolecular Hbond substituents is 1. The molecule has 3 rings (SSSR count). The first kappa shape index (κ1) is 16.7. The summed E-state index contributed by atoms with van der Waals surface area (Å²) in [6.45, 7) is 4.83. The van der Waals surface area contributed by atoms with Gasteiger partial charge in [0.15, 0.2) is 5.79 Å². The Bertz CT molecular complexity index is 571. The molecule has 128 valence electrons. The van der Waals surface area contributed by atoms with Crippen molar-refractivity contribution >= 4 is 0 Å². The number of halogens is 1. The molecule has 2 aliphatic rings. The average molecular weight is 324 g/mol.